The third-order valence-electron chi connectivity index (χ3n) is 4.55. The first-order valence-corrected chi connectivity index (χ1v) is 10.7. The number of piperazine rings is 1. The van der Waals surface area contributed by atoms with Gasteiger partial charge in [-0.25, -0.2) is 12.8 Å². The van der Waals surface area contributed by atoms with Crippen LogP contribution in [0.5, 0.6) is 0 Å². The molecule has 1 fully saturated rings. The predicted molar refractivity (Wildman–Crippen MR) is 105 cm³/mol. The van der Waals surface area contributed by atoms with Crippen molar-refractivity contribution < 1.29 is 17.6 Å². The number of carbonyl (C=O) groups is 1. The molecule has 0 radical (unpaired) electrons. The molecule has 1 N–H and O–H groups in total. The van der Waals surface area contributed by atoms with Crippen molar-refractivity contribution in [2.24, 2.45) is 0 Å². The smallest absolute Gasteiger partial charge is 0.243 e. The zero-order chi connectivity index (χ0) is 20.1. The molecule has 0 saturated carbocycles. The highest BCUT2D eigenvalue weighted by Gasteiger charge is 2.28. The summed E-state index contributed by atoms with van der Waals surface area (Å²) < 4.78 is 39.6. The topological polar surface area (TPSA) is 69.7 Å². The first kappa shape index (κ1) is 20.7. The van der Waals surface area contributed by atoms with E-state index in [9.17, 15) is 17.6 Å². The third-order valence-corrected chi connectivity index (χ3v) is 6.72. The summed E-state index contributed by atoms with van der Waals surface area (Å²) in [5.74, 6) is -0.472. The molecule has 28 heavy (non-hydrogen) atoms. The number of carbonyl (C=O) groups excluding carboxylic acids is 1. The maximum Gasteiger partial charge on any atom is 0.243 e. The zero-order valence-electron chi connectivity index (χ0n) is 15.1. The maximum absolute atomic E-state index is 12.9. The lowest BCUT2D eigenvalue weighted by atomic mass is 10.2. The van der Waals surface area contributed by atoms with Gasteiger partial charge in [-0.15, -0.1) is 0 Å². The summed E-state index contributed by atoms with van der Waals surface area (Å²) in [5, 5.41) is 3.27. The quantitative estimate of drug-likeness (QED) is 0.769. The van der Waals surface area contributed by atoms with Crippen LogP contribution in [0.1, 0.15) is 5.56 Å². The Bertz CT molecular complexity index is 912. The van der Waals surface area contributed by atoms with Crippen molar-refractivity contribution in [3.63, 3.8) is 0 Å². The first-order valence-electron chi connectivity index (χ1n) is 8.84. The van der Waals surface area contributed by atoms with Crippen molar-refractivity contribution in [1.82, 2.24) is 14.5 Å². The van der Waals surface area contributed by atoms with E-state index in [4.69, 9.17) is 11.6 Å². The predicted octanol–water partition coefficient (Wildman–Crippen LogP) is 2.10. The minimum Gasteiger partial charge on any atom is -0.351 e. The van der Waals surface area contributed by atoms with E-state index in [1.807, 2.05) is 4.90 Å². The fourth-order valence-electron chi connectivity index (χ4n) is 2.95. The summed E-state index contributed by atoms with van der Waals surface area (Å²) in [4.78, 5) is 14.2. The standard InChI is InChI=1S/C19H21ClFN3O3S/c20-16-3-7-18(8-4-16)28(26,27)24-11-9-23(10-12-24)14-19(25)22-13-15-1-5-17(21)6-2-15/h1-8H,9-14H2,(H,22,25). The molecule has 1 amide bonds. The molecule has 1 aliphatic rings. The monoisotopic (exact) mass is 425 g/mol. The summed E-state index contributed by atoms with van der Waals surface area (Å²) in [7, 11) is -3.56. The van der Waals surface area contributed by atoms with Gasteiger partial charge in [-0.3, -0.25) is 9.69 Å². The number of rotatable bonds is 6. The molecule has 0 bridgehead atoms. The average molecular weight is 426 g/mol. The molecule has 3 rings (SSSR count). The SMILES string of the molecule is O=C(CN1CCN(S(=O)(=O)c2ccc(Cl)cc2)CC1)NCc1ccc(F)cc1. The Morgan fingerprint density at radius 2 is 1.61 bits per heavy atom. The van der Waals surface area contributed by atoms with E-state index in [-0.39, 0.29) is 23.2 Å². The molecule has 0 spiro atoms. The number of nitrogens with one attached hydrogen (secondary N) is 1. The Kier molecular flexibility index (Phi) is 6.66. The largest absolute Gasteiger partial charge is 0.351 e. The summed E-state index contributed by atoms with van der Waals surface area (Å²) in [6.07, 6.45) is 0. The highest BCUT2D eigenvalue weighted by atomic mass is 35.5. The molecule has 0 aromatic heterocycles. The van der Waals surface area contributed by atoms with Crippen LogP contribution in [0.3, 0.4) is 0 Å². The van der Waals surface area contributed by atoms with E-state index in [0.717, 1.165) is 5.56 Å². The lowest BCUT2D eigenvalue weighted by molar-refractivity contribution is -0.122. The molecule has 2 aromatic carbocycles. The van der Waals surface area contributed by atoms with E-state index < -0.39 is 10.0 Å². The van der Waals surface area contributed by atoms with Crippen molar-refractivity contribution in [1.29, 1.82) is 0 Å². The fourth-order valence-corrected chi connectivity index (χ4v) is 4.49. The zero-order valence-corrected chi connectivity index (χ0v) is 16.7. The van der Waals surface area contributed by atoms with Gasteiger partial charge in [0, 0.05) is 37.7 Å². The number of hydrogen-bond acceptors (Lipinski definition) is 4. The fraction of sp³-hybridized carbons (Fsp3) is 0.316. The average Bonchev–Trinajstić information content (AvgIpc) is 2.68. The highest BCUT2D eigenvalue weighted by molar-refractivity contribution is 7.89. The van der Waals surface area contributed by atoms with Crippen LogP contribution in [0.15, 0.2) is 53.4 Å². The van der Waals surface area contributed by atoms with Gasteiger partial charge in [0.25, 0.3) is 0 Å². The molecule has 9 heteroatoms. The molecule has 2 aromatic rings. The van der Waals surface area contributed by atoms with Crippen LogP contribution < -0.4 is 5.32 Å². The highest BCUT2D eigenvalue weighted by Crippen LogP contribution is 2.19. The van der Waals surface area contributed by atoms with Crippen LogP contribution in [-0.2, 0) is 21.4 Å². The Balaban J connectivity index is 1.47. The molecule has 6 nitrogen and oxygen atoms in total. The summed E-state index contributed by atoms with van der Waals surface area (Å²) >= 11 is 5.82. The van der Waals surface area contributed by atoms with Crippen LogP contribution in [0, 0.1) is 5.82 Å². The Hall–Kier alpha value is -2.00. The third kappa shape index (κ3) is 5.29. The van der Waals surface area contributed by atoms with Crippen LogP contribution >= 0.6 is 11.6 Å². The van der Waals surface area contributed by atoms with E-state index in [0.29, 0.717) is 37.7 Å². The van der Waals surface area contributed by atoms with Gasteiger partial charge in [0.15, 0.2) is 0 Å². The van der Waals surface area contributed by atoms with Gasteiger partial charge in [-0.2, -0.15) is 4.31 Å². The minimum absolute atomic E-state index is 0.154. The second-order valence-corrected chi connectivity index (χ2v) is 8.91. The molecular formula is C19H21ClFN3O3S. The van der Waals surface area contributed by atoms with E-state index in [1.54, 1.807) is 24.3 Å². The number of amides is 1. The Morgan fingerprint density at radius 1 is 1.00 bits per heavy atom. The summed E-state index contributed by atoms with van der Waals surface area (Å²) in [6, 6.07) is 12.0. The van der Waals surface area contributed by atoms with E-state index >= 15 is 0 Å². The molecule has 0 atom stereocenters. The second kappa shape index (κ2) is 9.00. The first-order chi connectivity index (χ1) is 13.3. The summed E-state index contributed by atoms with van der Waals surface area (Å²) in [6.45, 7) is 2.08. The van der Waals surface area contributed by atoms with Crippen LogP contribution in [0.25, 0.3) is 0 Å². The number of benzene rings is 2. The van der Waals surface area contributed by atoms with Gasteiger partial charge in [-0.1, -0.05) is 23.7 Å². The van der Waals surface area contributed by atoms with Gasteiger partial charge in [-0.05, 0) is 42.0 Å². The summed E-state index contributed by atoms with van der Waals surface area (Å²) in [5.41, 5.74) is 0.814. The lowest BCUT2D eigenvalue weighted by Crippen LogP contribution is -2.50. The maximum atomic E-state index is 12.9. The molecule has 0 unspecified atom stereocenters. The van der Waals surface area contributed by atoms with E-state index in [1.165, 1.54) is 28.6 Å². The van der Waals surface area contributed by atoms with Gasteiger partial charge in [0.2, 0.25) is 15.9 Å². The second-order valence-electron chi connectivity index (χ2n) is 6.54. The van der Waals surface area contributed by atoms with Crippen molar-refractivity contribution in [3.05, 3.63) is 64.9 Å². The lowest BCUT2D eigenvalue weighted by Gasteiger charge is -2.33. The van der Waals surface area contributed by atoms with Gasteiger partial charge in [0.1, 0.15) is 5.82 Å². The normalized spacial score (nSPS) is 16.1. The number of nitrogens with zero attached hydrogens (tertiary/aromatic N) is 2. The minimum atomic E-state index is -3.56. The van der Waals surface area contributed by atoms with Gasteiger partial charge < -0.3 is 5.32 Å². The molecule has 1 aliphatic heterocycles. The Labute approximate surface area is 168 Å². The van der Waals surface area contributed by atoms with Gasteiger partial charge in [0.05, 0.1) is 11.4 Å². The van der Waals surface area contributed by atoms with Crippen molar-refractivity contribution in [2.45, 2.75) is 11.4 Å². The van der Waals surface area contributed by atoms with Gasteiger partial charge >= 0.3 is 0 Å². The number of hydrogen-bond donors (Lipinski definition) is 1. The van der Waals surface area contributed by atoms with Crippen LogP contribution in [-0.4, -0.2) is 56.3 Å². The molecule has 0 aliphatic carbocycles. The molecule has 1 heterocycles. The van der Waals surface area contributed by atoms with Crippen molar-refractivity contribution in [3.8, 4) is 0 Å². The van der Waals surface area contributed by atoms with Crippen LogP contribution in [0.4, 0.5) is 4.39 Å². The van der Waals surface area contributed by atoms with Crippen LogP contribution in [0.2, 0.25) is 5.02 Å². The van der Waals surface area contributed by atoms with Crippen molar-refractivity contribution in [2.75, 3.05) is 32.7 Å². The number of sulfonamides is 1. The molecular weight excluding hydrogens is 405 g/mol. The number of halogens is 2. The molecule has 1 saturated heterocycles. The molecule has 150 valence electrons. The van der Waals surface area contributed by atoms with E-state index in [2.05, 4.69) is 5.32 Å². The van der Waals surface area contributed by atoms with Crippen molar-refractivity contribution >= 4 is 27.5 Å². The Morgan fingerprint density at radius 3 is 2.21 bits per heavy atom.